The Bertz CT molecular complexity index is 1230. The SMILES string of the molecule is CCN(CC)S(=O)(=O)C1SC=C(NC2=NS(=O)(=O)NC2=N[C@@H](c2cc(Cl)co2)C(C)(C)C)C1O. The van der Waals surface area contributed by atoms with E-state index in [1.807, 2.05) is 20.8 Å². The van der Waals surface area contributed by atoms with Crippen LogP contribution in [0.15, 0.2) is 37.2 Å². The number of hydrogen-bond acceptors (Lipinski definition) is 9. The molecule has 0 aliphatic carbocycles. The first-order valence-electron chi connectivity index (χ1n) is 10.4. The Morgan fingerprint density at radius 2 is 2.03 bits per heavy atom. The third-order valence-corrected chi connectivity index (χ3v) is 10.3. The van der Waals surface area contributed by atoms with E-state index in [1.165, 1.54) is 16.0 Å². The normalized spacial score (nSPS) is 24.8. The van der Waals surface area contributed by atoms with Crippen molar-refractivity contribution in [3.63, 3.8) is 0 Å². The fraction of sp³-hybridized carbons (Fsp3) is 0.579. The lowest BCUT2D eigenvalue weighted by Crippen LogP contribution is -2.44. The van der Waals surface area contributed by atoms with E-state index in [0.717, 1.165) is 11.8 Å². The molecule has 3 rings (SSSR count). The van der Waals surface area contributed by atoms with Crippen molar-refractivity contribution in [1.29, 1.82) is 0 Å². The molecule has 3 N–H and O–H groups in total. The second-order valence-corrected chi connectivity index (χ2v) is 13.8. The van der Waals surface area contributed by atoms with Crippen LogP contribution in [0.4, 0.5) is 0 Å². The maximum atomic E-state index is 12.9. The zero-order valence-electron chi connectivity index (χ0n) is 19.3. The van der Waals surface area contributed by atoms with E-state index in [4.69, 9.17) is 16.0 Å². The number of furan rings is 1. The Morgan fingerprint density at radius 1 is 1.38 bits per heavy atom. The fourth-order valence-electron chi connectivity index (χ4n) is 3.45. The molecule has 0 saturated heterocycles. The summed E-state index contributed by atoms with van der Waals surface area (Å²) >= 11 is 6.92. The Balaban J connectivity index is 1.90. The number of amidine groups is 2. The van der Waals surface area contributed by atoms with E-state index in [9.17, 15) is 21.9 Å². The van der Waals surface area contributed by atoms with Crippen LogP contribution in [-0.4, -0.2) is 61.7 Å². The van der Waals surface area contributed by atoms with Crippen LogP contribution in [0.25, 0.3) is 0 Å². The zero-order valence-corrected chi connectivity index (χ0v) is 22.5. The molecule has 11 nitrogen and oxygen atoms in total. The van der Waals surface area contributed by atoms with Gasteiger partial charge in [0, 0.05) is 19.2 Å². The number of nitrogens with one attached hydrogen (secondary N) is 2. The molecule has 15 heteroatoms. The summed E-state index contributed by atoms with van der Waals surface area (Å²) in [5, 5.41) is 15.3. The predicted octanol–water partition coefficient (Wildman–Crippen LogP) is 2.20. The van der Waals surface area contributed by atoms with E-state index in [1.54, 1.807) is 19.9 Å². The van der Waals surface area contributed by atoms with Crippen LogP contribution in [0.1, 0.15) is 46.4 Å². The summed E-state index contributed by atoms with van der Waals surface area (Å²) in [6.45, 7) is 9.65. The topological polar surface area (TPSA) is 154 Å². The molecular weight excluding hydrogens is 526 g/mol. The number of aliphatic imine (C=N–C) groups is 1. The summed E-state index contributed by atoms with van der Waals surface area (Å²) in [6, 6.07) is 0.966. The second-order valence-electron chi connectivity index (χ2n) is 8.71. The van der Waals surface area contributed by atoms with Gasteiger partial charge in [-0.15, -0.1) is 16.2 Å². The molecular formula is C19H28ClN5O6S3. The largest absolute Gasteiger partial charge is 0.465 e. The van der Waals surface area contributed by atoms with Crippen LogP contribution >= 0.6 is 23.4 Å². The van der Waals surface area contributed by atoms with Gasteiger partial charge in [-0.2, -0.15) is 8.42 Å². The first kappa shape index (κ1) is 27.0. The highest BCUT2D eigenvalue weighted by molar-refractivity contribution is 8.14. The molecule has 0 bridgehead atoms. The fourth-order valence-corrected chi connectivity index (χ4v) is 7.76. The smallest absolute Gasteiger partial charge is 0.345 e. The van der Waals surface area contributed by atoms with E-state index in [0.29, 0.717) is 10.8 Å². The van der Waals surface area contributed by atoms with Crippen LogP contribution < -0.4 is 10.0 Å². The number of rotatable bonds is 7. The van der Waals surface area contributed by atoms with Gasteiger partial charge in [0.05, 0.1) is 10.7 Å². The van der Waals surface area contributed by atoms with Crippen molar-refractivity contribution in [2.24, 2.45) is 14.8 Å². The molecule has 0 aromatic carbocycles. The van der Waals surface area contributed by atoms with Crippen LogP contribution in [0.3, 0.4) is 0 Å². The zero-order chi connectivity index (χ0) is 25.5. The lowest BCUT2D eigenvalue weighted by atomic mass is 9.85. The molecule has 0 spiro atoms. The van der Waals surface area contributed by atoms with Gasteiger partial charge in [-0.1, -0.05) is 46.2 Å². The van der Waals surface area contributed by atoms with Crippen LogP contribution in [0.2, 0.25) is 5.02 Å². The van der Waals surface area contributed by atoms with Gasteiger partial charge in [-0.05, 0) is 10.8 Å². The minimum atomic E-state index is -4.09. The predicted molar refractivity (Wildman–Crippen MR) is 133 cm³/mol. The molecule has 2 unspecified atom stereocenters. The quantitative estimate of drug-likeness (QED) is 0.464. The highest BCUT2D eigenvalue weighted by Gasteiger charge is 2.43. The van der Waals surface area contributed by atoms with Gasteiger partial charge >= 0.3 is 10.2 Å². The maximum absolute atomic E-state index is 12.9. The van der Waals surface area contributed by atoms with Crippen molar-refractivity contribution in [1.82, 2.24) is 14.3 Å². The van der Waals surface area contributed by atoms with Gasteiger partial charge in [0.2, 0.25) is 10.0 Å². The van der Waals surface area contributed by atoms with Gasteiger partial charge in [0.1, 0.15) is 24.2 Å². The molecule has 1 aromatic heterocycles. The first-order valence-corrected chi connectivity index (χ1v) is 14.7. The molecule has 3 atom stereocenters. The lowest BCUT2D eigenvalue weighted by Gasteiger charge is -2.26. The molecule has 2 aliphatic rings. The number of nitrogens with zero attached hydrogens (tertiary/aromatic N) is 3. The number of aliphatic hydroxyl groups excluding tert-OH is 1. The Morgan fingerprint density at radius 3 is 2.56 bits per heavy atom. The van der Waals surface area contributed by atoms with Gasteiger partial charge in [0.15, 0.2) is 16.3 Å². The molecule has 190 valence electrons. The molecule has 0 fully saturated rings. The summed E-state index contributed by atoms with van der Waals surface area (Å²) in [5.41, 5.74) is -0.387. The monoisotopic (exact) mass is 553 g/mol. The molecule has 0 amide bonds. The van der Waals surface area contributed by atoms with Crippen LogP contribution in [-0.2, 0) is 20.2 Å². The minimum Gasteiger partial charge on any atom is -0.465 e. The van der Waals surface area contributed by atoms with Gasteiger partial charge in [-0.25, -0.2) is 17.4 Å². The molecule has 1 aromatic rings. The number of sulfonamides is 1. The number of halogens is 1. The van der Waals surface area contributed by atoms with Crippen molar-refractivity contribution in [2.75, 3.05) is 13.1 Å². The standard InChI is InChI=1S/C19H28ClN5O6S3/c1-6-25(7-2)33(27,28)18-14(26)12(10-32-18)21-16-17(24-34(29,30)23-16)22-15(19(3,4)5)13-8-11(20)9-31-13/h8-10,14-15,18,26H,6-7H2,1-5H3,(H,21,23)(H,22,24)/t14?,15-,18?/m0/s1. The lowest BCUT2D eigenvalue weighted by molar-refractivity contribution is 0.221. The number of aliphatic hydroxyl groups is 1. The van der Waals surface area contributed by atoms with Gasteiger partial charge in [0.25, 0.3) is 0 Å². The number of hydrogen-bond donors (Lipinski definition) is 3. The van der Waals surface area contributed by atoms with E-state index < -0.39 is 42.4 Å². The molecule has 3 heterocycles. The summed E-state index contributed by atoms with van der Waals surface area (Å²) < 4.78 is 61.7. The van der Waals surface area contributed by atoms with Gasteiger partial charge in [-0.3, -0.25) is 4.99 Å². The summed E-state index contributed by atoms with van der Waals surface area (Å²) in [5.74, 6) is 0.163. The van der Waals surface area contributed by atoms with Crippen molar-refractivity contribution in [3.05, 3.63) is 34.2 Å². The van der Waals surface area contributed by atoms with E-state index in [2.05, 4.69) is 19.4 Å². The Hall–Kier alpha value is -1.58. The van der Waals surface area contributed by atoms with Gasteiger partial charge < -0.3 is 14.8 Å². The van der Waals surface area contributed by atoms with Crippen molar-refractivity contribution in [3.8, 4) is 0 Å². The average molecular weight is 554 g/mol. The summed E-state index contributed by atoms with van der Waals surface area (Å²) in [4.78, 5) is 4.54. The first-order chi connectivity index (χ1) is 15.7. The third kappa shape index (κ3) is 5.62. The average Bonchev–Trinajstić information content (AvgIpc) is 3.37. The van der Waals surface area contributed by atoms with E-state index in [-0.39, 0.29) is 30.5 Å². The highest BCUT2D eigenvalue weighted by atomic mass is 35.5. The summed E-state index contributed by atoms with van der Waals surface area (Å²) in [6.07, 6.45) is -0.0694. The minimum absolute atomic E-state index is 0.0967. The maximum Gasteiger partial charge on any atom is 0.345 e. The van der Waals surface area contributed by atoms with Crippen molar-refractivity contribution >= 4 is 55.3 Å². The third-order valence-electron chi connectivity index (χ3n) is 5.12. The Labute approximate surface area is 209 Å². The molecule has 0 saturated carbocycles. The molecule has 0 radical (unpaired) electrons. The highest BCUT2D eigenvalue weighted by Crippen LogP contribution is 2.38. The van der Waals surface area contributed by atoms with Crippen LogP contribution in [0, 0.1) is 5.41 Å². The molecule has 2 aliphatic heterocycles. The van der Waals surface area contributed by atoms with Crippen molar-refractivity contribution < 1.29 is 26.4 Å². The second kappa shape index (κ2) is 9.82. The summed E-state index contributed by atoms with van der Waals surface area (Å²) in [7, 11) is -7.89. The Kier molecular flexibility index (Phi) is 7.80. The van der Waals surface area contributed by atoms with E-state index >= 15 is 0 Å². The molecule has 34 heavy (non-hydrogen) atoms. The number of thioether (sulfide) groups is 1. The van der Waals surface area contributed by atoms with Crippen molar-refractivity contribution in [2.45, 2.75) is 51.3 Å². The van der Waals surface area contributed by atoms with Crippen LogP contribution in [0.5, 0.6) is 0 Å².